The Hall–Kier alpha value is -1.90. The van der Waals surface area contributed by atoms with Crippen LogP contribution in [0.25, 0.3) is 0 Å². The fourth-order valence-electron chi connectivity index (χ4n) is 6.67. The molecular weight excluding hydrogens is 516 g/mol. The van der Waals surface area contributed by atoms with Crippen molar-refractivity contribution >= 4 is 29.5 Å². The fraction of sp³-hybridized carbons (Fsp3) is 0.710. The highest BCUT2D eigenvalue weighted by Crippen LogP contribution is 2.49. The van der Waals surface area contributed by atoms with Crippen molar-refractivity contribution in [2.24, 2.45) is 29.6 Å². The summed E-state index contributed by atoms with van der Waals surface area (Å²) in [6.07, 6.45) is -0.382. The van der Waals surface area contributed by atoms with Crippen molar-refractivity contribution < 1.29 is 33.7 Å². The van der Waals surface area contributed by atoms with Gasteiger partial charge in [0.25, 0.3) is 0 Å². The zero-order valence-corrected chi connectivity index (χ0v) is 25.5. The minimum atomic E-state index is -1.20. The number of hydrogen-bond donors (Lipinski definition) is 1. The molecule has 10 atom stereocenters. The van der Waals surface area contributed by atoms with E-state index in [0.29, 0.717) is 25.0 Å². The van der Waals surface area contributed by atoms with Gasteiger partial charge < -0.3 is 19.3 Å². The van der Waals surface area contributed by atoms with E-state index in [0.717, 1.165) is 5.56 Å². The number of aliphatic hydroxyl groups is 1. The molecule has 2 aliphatic heterocycles. The Labute approximate surface area is 237 Å². The lowest BCUT2D eigenvalue weighted by Gasteiger charge is -2.42. The summed E-state index contributed by atoms with van der Waals surface area (Å²) in [5, 5.41) is 10.5. The number of aliphatic hydroxyl groups excluding tert-OH is 1. The van der Waals surface area contributed by atoms with Crippen LogP contribution in [-0.2, 0) is 34.3 Å². The maximum atomic E-state index is 14.0. The lowest BCUT2D eigenvalue weighted by Crippen LogP contribution is -2.53. The highest BCUT2D eigenvalue weighted by molar-refractivity contribution is 7.99. The van der Waals surface area contributed by atoms with Crippen LogP contribution in [0, 0.1) is 29.6 Å². The molecule has 0 aromatic heterocycles. The largest absolute Gasteiger partial charge is 0.458 e. The van der Waals surface area contributed by atoms with Crippen LogP contribution in [0.15, 0.2) is 30.3 Å². The normalized spacial score (nSPS) is 40.4. The molecule has 0 spiro atoms. The number of carbonyl (C=O) groups is 3. The first kappa shape index (κ1) is 31.6. The minimum Gasteiger partial charge on any atom is -0.458 e. The molecule has 218 valence electrons. The average molecular weight is 563 g/mol. The zero-order chi connectivity index (χ0) is 29.1. The maximum absolute atomic E-state index is 14.0. The molecule has 0 amide bonds. The summed E-state index contributed by atoms with van der Waals surface area (Å²) < 4.78 is 18.0. The smallest absolute Gasteiger partial charge is 0.320 e. The molecule has 2 saturated heterocycles. The van der Waals surface area contributed by atoms with Crippen LogP contribution in [0.1, 0.15) is 73.3 Å². The van der Waals surface area contributed by atoms with E-state index in [1.807, 2.05) is 65.0 Å². The van der Waals surface area contributed by atoms with Crippen molar-refractivity contribution in [1.29, 1.82) is 0 Å². The van der Waals surface area contributed by atoms with E-state index in [-0.39, 0.29) is 17.6 Å². The number of hydrogen-bond acceptors (Lipinski definition) is 8. The second kappa shape index (κ2) is 12.7. The van der Waals surface area contributed by atoms with Crippen LogP contribution in [0.3, 0.4) is 0 Å². The van der Waals surface area contributed by atoms with Gasteiger partial charge in [-0.05, 0) is 51.5 Å². The first-order valence-electron chi connectivity index (χ1n) is 14.1. The van der Waals surface area contributed by atoms with Crippen molar-refractivity contribution in [3.8, 4) is 0 Å². The third-order valence-electron chi connectivity index (χ3n) is 9.01. The number of cyclic esters (lactones) is 1. The van der Waals surface area contributed by atoms with Gasteiger partial charge in [-0.1, -0.05) is 58.0 Å². The van der Waals surface area contributed by atoms with E-state index in [9.17, 15) is 19.5 Å². The molecule has 0 aliphatic carbocycles. The Kier molecular flexibility index (Phi) is 10.3. The van der Waals surface area contributed by atoms with Crippen LogP contribution in [0.4, 0.5) is 0 Å². The highest BCUT2D eigenvalue weighted by Gasteiger charge is 2.61. The van der Waals surface area contributed by atoms with Gasteiger partial charge in [0, 0.05) is 30.6 Å². The molecule has 7 nitrogen and oxygen atoms in total. The van der Waals surface area contributed by atoms with Gasteiger partial charge in [-0.2, -0.15) is 0 Å². The van der Waals surface area contributed by atoms with Crippen LogP contribution in [-0.4, -0.2) is 58.6 Å². The number of ketones is 1. The van der Waals surface area contributed by atoms with E-state index in [1.165, 1.54) is 11.8 Å². The molecule has 1 aromatic rings. The van der Waals surface area contributed by atoms with Gasteiger partial charge in [0.2, 0.25) is 0 Å². The summed E-state index contributed by atoms with van der Waals surface area (Å²) in [6.45, 7) is 12.9. The SMILES string of the molecule is CCC1OC(=O)C(C)C(O)C(C)CC(C)(OC)CC(C)C(=O)C(C)C2C(SCc3ccccc3)C(=O)OC12C. The number of ether oxygens (including phenoxy) is 3. The third-order valence-corrected chi connectivity index (χ3v) is 10.4. The van der Waals surface area contributed by atoms with Gasteiger partial charge in [-0.25, -0.2) is 0 Å². The Bertz CT molecular complexity index is 1020. The summed E-state index contributed by atoms with van der Waals surface area (Å²) in [4.78, 5) is 40.8. The van der Waals surface area contributed by atoms with E-state index in [1.54, 1.807) is 21.0 Å². The van der Waals surface area contributed by atoms with Crippen molar-refractivity contribution in [1.82, 2.24) is 0 Å². The quantitative estimate of drug-likeness (QED) is 0.488. The summed E-state index contributed by atoms with van der Waals surface area (Å²) >= 11 is 1.47. The van der Waals surface area contributed by atoms with E-state index in [2.05, 4.69) is 0 Å². The van der Waals surface area contributed by atoms with E-state index < -0.39 is 58.4 Å². The van der Waals surface area contributed by atoms with Gasteiger partial charge in [-0.3, -0.25) is 14.4 Å². The van der Waals surface area contributed by atoms with Gasteiger partial charge in [0.1, 0.15) is 17.1 Å². The molecule has 0 saturated carbocycles. The van der Waals surface area contributed by atoms with Crippen molar-refractivity contribution in [2.75, 3.05) is 7.11 Å². The van der Waals surface area contributed by atoms with E-state index >= 15 is 0 Å². The number of fused-ring (bicyclic) bond motifs is 1. The average Bonchev–Trinajstić information content (AvgIpc) is 3.17. The van der Waals surface area contributed by atoms with Crippen molar-refractivity contribution in [3.05, 3.63) is 35.9 Å². The van der Waals surface area contributed by atoms with Gasteiger partial charge in [0.05, 0.1) is 17.6 Å². The Morgan fingerprint density at radius 1 is 1.00 bits per heavy atom. The number of Topliss-reactive ketones (excluding diaryl/α,β-unsaturated/α-hetero) is 1. The third kappa shape index (κ3) is 6.71. The maximum Gasteiger partial charge on any atom is 0.320 e. The predicted molar refractivity (Wildman–Crippen MR) is 152 cm³/mol. The number of benzene rings is 1. The Balaban J connectivity index is 2.05. The highest BCUT2D eigenvalue weighted by atomic mass is 32.2. The lowest BCUT2D eigenvalue weighted by molar-refractivity contribution is -0.186. The zero-order valence-electron chi connectivity index (χ0n) is 24.6. The molecule has 8 heteroatoms. The predicted octanol–water partition coefficient (Wildman–Crippen LogP) is 5.22. The van der Waals surface area contributed by atoms with Crippen LogP contribution < -0.4 is 0 Å². The molecule has 3 rings (SSSR count). The molecule has 39 heavy (non-hydrogen) atoms. The van der Waals surface area contributed by atoms with Crippen LogP contribution in [0.2, 0.25) is 0 Å². The van der Waals surface area contributed by atoms with Crippen LogP contribution >= 0.6 is 11.8 Å². The van der Waals surface area contributed by atoms with Gasteiger partial charge in [0.15, 0.2) is 5.60 Å². The number of esters is 2. The first-order chi connectivity index (χ1) is 18.3. The standard InChI is InChI=1S/C31H46O7S/c1-9-23-31(7)24(27(29(35)38-31)39-17-22-13-11-10-12-14-22)20(4)25(32)18(2)15-30(6,36-8)16-19(3)26(33)21(5)28(34)37-23/h10-14,18-21,23-24,26-27,33H,9,15-17H2,1-8H3. The second-order valence-electron chi connectivity index (χ2n) is 12.1. The Morgan fingerprint density at radius 3 is 2.23 bits per heavy atom. The summed E-state index contributed by atoms with van der Waals surface area (Å²) in [6, 6.07) is 9.87. The monoisotopic (exact) mass is 562 g/mol. The Morgan fingerprint density at radius 2 is 1.64 bits per heavy atom. The summed E-state index contributed by atoms with van der Waals surface area (Å²) in [5.74, 6) is -2.76. The molecule has 10 unspecified atom stereocenters. The topological polar surface area (TPSA) is 99.1 Å². The molecule has 1 N–H and O–H groups in total. The van der Waals surface area contributed by atoms with Crippen LogP contribution in [0.5, 0.6) is 0 Å². The molecule has 2 fully saturated rings. The van der Waals surface area contributed by atoms with Crippen molar-refractivity contribution in [2.45, 2.75) is 102 Å². The van der Waals surface area contributed by atoms with E-state index in [4.69, 9.17) is 14.2 Å². The second-order valence-corrected chi connectivity index (χ2v) is 13.2. The summed E-state index contributed by atoms with van der Waals surface area (Å²) in [5.41, 5.74) is -0.805. The van der Waals surface area contributed by atoms with Gasteiger partial charge >= 0.3 is 11.9 Å². The fourth-order valence-corrected chi connectivity index (χ4v) is 8.13. The summed E-state index contributed by atoms with van der Waals surface area (Å²) in [7, 11) is 1.61. The minimum absolute atomic E-state index is 0.0259. The molecule has 2 aliphatic rings. The number of carbonyl (C=O) groups excluding carboxylic acids is 3. The molecule has 2 heterocycles. The molecule has 1 aromatic carbocycles. The lowest BCUT2D eigenvalue weighted by atomic mass is 9.70. The number of methoxy groups -OCH3 is 1. The molecule has 0 bridgehead atoms. The molecule has 0 radical (unpaired) electrons. The molecular formula is C31H46O7S. The van der Waals surface area contributed by atoms with Gasteiger partial charge in [-0.15, -0.1) is 11.8 Å². The number of rotatable bonds is 5. The first-order valence-corrected chi connectivity index (χ1v) is 15.2. The number of thioether (sulfide) groups is 1. The van der Waals surface area contributed by atoms with Crippen molar-refractivity contribution in [3.63, 3.8) is 0 Å².